The number of hydrogen-bond acceptors (Lipinski definition) is 6. The highest BCUT2D eigenvalue weighted by Gasteiger charge is 2.24. The summed E-state index contributed by atoms with van der Waals surface area (Å²) in [7, 11) is 1.53. The van der Waals surface area contributed by atoms with E-state index in [1.165, 1.54) is 24.9 Å². The number of halogens is 1. The van der Waals surface area contributed by atoms with Crippen LogP contribution in [0.15, 0.2) is 76.6 Å². The molecule has 34 heavy (non-hydrogen) atoms. The van der Waals surface area contributed by atoms with Gasteiger partial charge in [0.1, 0.15) is 6.61 Å². The molecule has 1 aliphatic rings. The Morgan fingerprint density at radius 1 is 1.12 bits per heavy atom. The van der Waals surface area contributed by atoms with Crippen molar-refractivity contribution in [3.63, 3.8) is 0 Å². The van der Waals surface area contributed by atoms with Crippen LogP contribution < -0.4 is 14.8 Å². The molecule has 7 nitrogen and oxygen atoms in total. The number of aromatic carboxylic acids is 1. The van der Waals surface area contributed by atoms with Crippen LogP contribution in [0.25, 0.3) is 6.08 Å². The van der Waals surface area contributed by atoms with Crippen LogP contribution in [0.1, 0.15) is 21.5 Å². The highest BCUT2D eigenvalue weighted by molar-refractivity contribution is 8.18. The molecule has 1 heterocycles. The first-order valence-electron chi connectivity index (χ1n) is 10.1. The SMILES string of the molecule is COc1cc(/C=C2/SC(=Nc3ccc(Cl)cc3)NC2=O)ccc1OCc1cccc(C(=O)O)c1. The van der Waals surface area contributed by atoms with Crippen molar-refractivity contribution in [2.75, 3.05) is 7.11 Å². The molecule has 9 heteroatoms. The Labute approximate surface area is 205 Å². The quantitative estimate of drug-likeness (QED) is 0.420. The van der Waals surface area contributed by atoms with Crippen molar-refractivity contribution in [1.29, 1.82) is 0 Å². The number of methoxy groups -OCH3 is 1. The van der Waals surface area contributed by atoms with Crippen molar-refractivity contribution in [2.24, 2.45) is 4.99 Å². The molecule has 0 radical (unpaired) electrons. The van der Waals surface area contributed by atoms with E-state index in [0.717, 1.165) is 11.1 Å². The number of amides is 1. The molecule has 1 fully saturated rings. The fraction of sp³-hybridized carbons (Fsp3) is 0.0800. The minimum Gasteiger partial charge on any atom is -0.493 e. The van der Waals surface area contributed by atoms with Crippen LogP contribution in [0.3, 0.4) is 0 Å². The third kappa shape index (κ3) is 5.78. The molecule has 0 aliphatic carbocycles. The Morgan fingerprint density at radius 3 is 2.65 bits per heavy atom. The lowest BCUT2D eigenvalue weighted by Gasteiger charge is -2.12. The molecule has 0 spiro atoms. The number of rotatable bonds is 7. The molecule has 0 aromatic heterocycles. The van der Waals surface area contributed by atoms with E-state index in [2.05, 4.69) is 10.3 Å². The van der Waals surface area contributed by atoms with Gasteiger partial charge in [-0.15, -0.1) is 0 Å². The van der Waals surface area contributed by atoms with Crippen LogP contribution in [0.2, 0.25) is 5.02 Å². The summed E-state index contributed by atoms with van der Waals surface area (Å²) in [5, 5.41) is 13.0. The largest absolute Gasteiger partial charge is 0.493 e. The Balaban J connectivity index is 1.47. The molecule has 0 bridgehead atoms. The lowest BCUT2D eigenvalue weighted by molar-refractivity contribution is -0.115. The van der Waals surface area contributed by atoms with Gasteiger partial charge in [-0.25, -0.2) is 9.79 Å². The van der Waals surface area contributed by atoms with E-state index >= 15 is 0 Å². The van der Waals surface area contributed by atoms with Crippen molar-refractivity contribution in [1.82, 2.24) is 5.32 Å². The molecular weight excluding hydrogens is 476 g/mol. The third-order valence-corrected chi connectivity index (χ3v) is 5.92. The molecule has 3 aromatic rings. The number of nitrogens with one attached hydrogen (secondary N) is 1. The Kier molecular flexibility index (Phi) is 7.20. The summed E-state index contributed by atoms with van der Waals surface area (Å²) in [4.78, 5) is 28.5. The predicted molar refractivity (Wildman–Crippen MR) is 133 cm³/mol. The Morgan fingerprint density at radius 2 is 1.91 bits per heavy atom. The predicted octanol–water partition coefficient (Wildman–Crippen LogP) is 5.52. The summed E-state index contributed by atoms with van der Waals surface area (Å²) in [5.41, 5.74) is 2.36. The molecule has 1 amide bonds. The fourth-order valence-electron chi connectivity index (χ4n) is 3.11. The van der Waals surface area contributed by atoms with Crippen molar-refractivity contribution in [3.8, 4) is 11.5 Å². The molecule has 1 aliphatic heterocycles. The van der Waals surface area contributed by atoms with Gasteiger partial charge in [-0.3, -0.25) is 4.79 Å². The van der Waals surface area contributed by atoms with E-state index in [4.69, 9.17) is 26.2 Å². The van der Waals surface area contributed by atoms with Crippen molar-refractivity contribution < 1.29 is 24.2 Å². The zero-order valence-corrected chi connectivity index (χ0v) is 19.5. The van der Waals surface area contributed by atoms with Gasteiger partial charge >= 0.3 is 5.97 Å². The number of thioether (sulfide) groups is 1. The second-order valence-electron chi connectivity index (χ2n) is 7.16. The zero-order valence-electron chi connectivity index (χ0n) is 17.9. The molecule has 2 N–H and O–H groups in total. The molecule has 172 valence electrons. The highest BCUT2D eigenvalue weighted by atomic mass is 35.5. The van der Waals surface area contributed by atoms with Gasteiger partial charge in [0.15, 0.2) is 16.7 Å². The van der Waals surface area contributed by atoms with Crippen molar-refractivity contribution in [3.05, 3.63) is 93.3 Å². The lowest BCUT2D eigenvalue weighted by Crippen LogP contribution is -2.19. The van der Waals surface area contributed by atoms with E-state index < -0.39 is 5.97 Å². The molecule has 0 atom stereocenters. The Bertz CT molecular complexity index is 1300. The van der Waals surface area contributed by atoms with E-state index in [0.29, 0.717) is 32.3 Å². The first-order valence-corrected chi connectivity index (χ1v) is 11.3. The van der Waals surface area contributed by atoms with Gasteiger partial charge in [0.25, 0.3) is 5.91 Å². The summed E-state index contributed by atoms with van der Waals surface area (Å²) in [6.45, 7) is 0.181. The normalized spacial score (nSPS) is 15.4. The molecule has 1 saturated heterocycles. The number of benzene rings is 3. The Hall–Kier alpha value is -3.75. The minimum absolute atomic E-state index is 0.181. The minimum atomic E-state index is -0.994. The smallest absolute Gasteiger partial charge is 0.335 e. The fourth-order valence-corrected chi connectivity index (χ4v) is 4.08. The third-order valence-electron chi connectivity index (χ3n) is 4.76. The van der Waals surface area contributed by atoms with Crippen molar-refractivity contribution >= 4 is 52.2 Å². The van der Waals surface area contributed by atoms with Crippen LogP contribution in [0.5, 0.6) is 11.5 Å². The number of carbonyl (C=O) groups is 2. The van der Waals surface area contributed by atoms with Crippen LogP contribution in [-0.2, 0) is 11.4 Å². The van der Waals surface area contributed by atoms with Crippen LogP contribution in [-0.4, -0.2) is 29.3 Å². The summed E-state index contributed by atoms with van der Waals surface area (Å²) in [6.07, 6.45) is 1.74. The number of amidine groups is 1. The number of hydrogen-bond donors (Lipinski definition) is 2. The average Bonchev–Trinajstić information content (AvgIpc) is 3.18. The second-order valence-corrected chi connectivity index (χ2v) is 8.63. The van der Waals surface area contributed by atoms with Gasteiger partial charge in [-0.05, 0) is 77.5 Å². The van der Waals surface area contributed by atoms with E-state index in [1.807, 2.05) is 0 Å². The van der Waals surface area contributed by atoms with Crippen LogP contribution >= 0.6 is 23.4 Å². The highest BCUT2D eigenvalue weighted by Crippen LogP contribution is 2.33. The lowest BCUT2D eigenvalue weighted by atomic mass is 10.1. The number of aliphatic imine (C=N–C) groups is 1. The van der Waals surface area contributed by atoms with Gasteiger partial charge in [-0.2, -0.15) is 0 Å². The van der Waals surface area contributed by atoms with Gasteiger partial charge in [0.05, 0.1) is 23.3 Å². The molecule has 0 unspecified atom stereocenters. The molecular formula is C25H19ClN2O5S. The molecule has 4 rings (SSSR count). The first kappa shape index (κ1) is 23.4. The summed E-state index contributed by atoms with van der Waals surface area (Å²) >= 11 is 7.14. The zero-order chi connectivity index (χ0) is 24.1. The van der Waals surface area contributed by atoms with Crippen LogP contribution in [0.4, 0.5) is 5.69 Å². The summed E-state index contributed by atoms with van der Waals surface area (Å²) in [6, 6.07) is 18.9. The number of carbonyl (C=O) groups excluding carboxylic acids is 1. The van der Waals surface area contributed by atoms with Crippen molar-refractivity contribution in [2.45, 2.75) is 6.61 Å². The topological polar surface area (TPSA) is 97.2 Å². The number of carboxylic acid groups (broad SMARTS) is 1. The molecule has 3 aromatic carbocycles. The summed E-state index contributed by atoms with van der Waals surface area (Å²) in [5.74, 6) is -0.247. The average molecular weight is 495 g/mol. The van der Waals surface area contributed by atoms with E-state index in [-0.39, 0.29) is 18.1 Å². The maximum atomic E-state index is 12.4. The maximum Gasteiger partial charge on any atom is 0.335 e. The number of ether oxygens (including phenoxy) is 2. The maximum absolute atomic E-state index is 12.4. The first-order chi connectivity index (χ1) is 16.4. The van der Waals surface area contributed by atoms with Gasteiger partial charge in [0, 0.05) is 5.02 Å². The standard InChI is InChI=1S/C25H19ClN2O5S/c1-32-21-12-15(5-10-20(21)33-14-16-3-2-4-17(11-16)24(30)31)13-22-23(29)28-25(34-22)27-19-8-6-18(26)7-9-19/h2-13H,14H2,1H3,(H,30,31)(H,27,28,29)/b22-13+. The monoisotopic (exact) mass is 494 g/mol. The number of carboxylic acids is 1. The van der Waals surface area contributed by atoms with E-state index in [9.17, 15) is 9.59 Å². The number of nitrogens with zero attached hydrogens (tertiary/aromatic N) is 1. The van der Waals surface area contributed by atoms with Gasteiger partial charge < -0.3 is 19.9 Å². The summed E-state index contributed by atoms with van der Waals surface area (Å²) < 4.78 is 11.3. The van der Waals surface area contributed by atoms with Gasteiger partial charge in [-0.1, -0.05) is 29.8 Å². The second kappa shape index (κ2) is 10.5. The van der Waals surface area contributed by atoms with E-state index in [1.54, 1.807) is 66.7 Å². The van der Waals surface area contributed by atoms with Crippen LogP contribution in [0, 0.1) is 0 Å². The molecule has 0 saturated carbocycles. The van der Waals surface area contributed by atoms with Gasteiger partial charge in [0.2, 0.25) is 0 Å².